The molecule has 216 valence electrons. The SMILES string of the molecule is CC(CCOc1cccc(CC(=O)O)c1)N(Cc1cccc(OCF)c1)CC(c1ccccc1)c1ccccc1.Cl. The van der Waals surface area contributed by atoms with Crippen molar-refractivity contribution in [1.29, 1.82) is 0 Å². The first-order valence-corrected chi connectivity index (χ1v) is 13.6. The minimum Gasteiger partial charge on any atom is -0.494 e. The summed E-state index contributed by atoms with van der Waals surface area (Å²) in [5.74, 6) is 0.470. The maximum atomic E-state index is 12.8. The third-order valence-electron chi connectivity index (χ3n) is 7.01. The molecular weight excluding hydrogens is 541 g/mol. The average molecular weight is 578 g/mol. The van der Waals surface area contributed by atoms with Crippen LogP contribution in [0.4, 0.5) is 4.39 Å². The largest absolute Gasteiger partial charge is 0.494 e. The van der Waals surface area contributed by atoms with E-state index >= 15 is 0 Å². The zero-order valence-electron chi connectivity index (χ0n) is 23.2. The molecule has 0 amide bonds. The molecule has 4 aromatic rings. The Hall–Kier alpha value is -3.87. The predicted molar refractivity (Wildman–Crippen MR) is 163 cm³/mol. The molecule has 4 aromatic carbocycles. The van der Waals surface area contributed by atoms with Gasteiger partial charge in [0.15, 0.2) is 0 Å². The van der Waals surface area contributed by atoms with Crippen LogP contribution in [0.15, 0.2) is 109 Å². The minimum absolute atomic E-state index is 0. The molecule has 0 aliphatic carbocycles. The van der Waals surface area contributed by atoms with Crippen molar-refractivity contribution < 1.29 is 23.8 Å². The molecule has 0 aromatic heterocycles. The highest BCUT2D eigenvalue weighted by Gasteiger charge is 2.22. The normalized spacial score (nSPS) is 11.6. The van der Waals surface area contributed by atoms with E-state index in [0.717, 1.165) is 18.5 Å². The summed E-state index contributed by atoms with van der Waals surface area (Å²) >= 11 is 0. The second kappa shape index (κ2) is 16.4. The molecule has 1 atom stereocenters. The third-order valence-corrected chi connectivity index (χ3v) is 7.01. The number of halogens is 2. The number of alkyl halides is 1. The monoisotopic (exact) mass is 577 g/mol. The molecule has 4 rings (SSSR count). The molecule has 0 bridgehead atoms. The molecule has 0 saturated heterocycles. The van der Waals surface area contributed by atoms with Crippen LogP contribution in [0.25, 0.3) is 0 Å². The number of carboxylic acid groups (broad SMARTS) is 1. The highest BCUT2D eigenvalue weighted by Crippen LogP contribution is 2.28. The summed E-state index contributed by atoms with van der Waals surface area (Å²) in [7, 11) is 0. The maximum absolute atomic E-state index is 12.8. The van der Waals surface area contributed by atoms with Crippen LogP contribution in [0, 0.1) is 0 Å². The summed E-state index contributed by atoms with van der Waals surface area (Å²) in [6.07, 6.45) is 0.729. The van der Waals surface area contributed by atoms with E-state index in [1.165, 1.54) is 11.1 Å². The number of carboxylic acids is 1. The third kappa shape index (κ3) is 9.92. The van der Waals surface area contributed by atoms with Crippen LogP contribution in [-0.4, -0.2) is 42.0 Å². The van der Waals surface area contributed by atoms with Crippen molar-refractivity contribution in [2.75, 3.05) is 20.0 Å². The average Bonchev–Trinajstić information content (AvgIpc) is 2.96. The number of hydrogen-bond acceptors (Lipinski definition) is 4. The van der Waals surface area contributed by atoms with E-state index in [1.54, 1.807) is 18.2 Å². The topological polar surface area (TPSA) is 59.0 Å². The van der Waals surface area contributed by atoms with E-state index in [0.29, 0.717) is 30.2 Å². The Morgan fingerprint density at radius 1 is 0.805 bits per heavy atom. The molecular formula is C34H37ClFNO4. The molecule has 1 N–H and O–H groups in total. The number of nitrogens with zero attached hydrogens (tertiary/aromatic N) is 1. The lowest BCUT2D eigenvalue weighted by atomic mass is 9.90. The molecule has 0 saturated carbocycles. The second-order valence-electron chi connectivity index (χ2n) is 9.91. The predicted octanol–water partition coefficient (Wildman–Crippen LogP) is 7.53. The number of hydrogen-bond donors (Lipinski definition) is 1. The van der Waals surface area contributed by atoms with E-state index in [-0.39, 0.29) is 30.8 Å². The van der Waals surface area contributed by atoms with Gasteiger partial charge in [0.2, 0.25) is 6.86 Å². The Labute approximate surface area is 248 Å². The van der Waals surface area contributed by atoms with E-state index in [4.69, 9.17) is 14.6 Å². The van der Waals surface area contributed by atoms with Gasteiger partial charge in [0.1, 0.15) is 11.5 Å². The lowest BCUT2D eigenvalue weighted by Gasteiger charge is -2.33. The van der Waals surface area contributed by atoms with Crippen molar-refractivity contribution in [1.82, 2.24) is 4.90 Å². The summed E-state index contributed by atoms with van der Waals surface area (Å²) in [6, 6.07) is 36.0. The first kappa shape index (κ1) is 31.7. The zero-order valence-corrected chi connectivity index (χ0v) is 24.0. The number of aliphatic carboxylic acids is 1. The van der Waals surface area contributed by atoms with Crippen molar-refractivity contribution in [2.45, 2.75) is 38.3 Å². The van der Waals surface area contributed by atoms with E-state index in [2.05, 4.69) is 60.4 Å². The van der Waals surface area contributed by atoms with Gasteiger partial charge >= 0.3 is 5.97 Å². The van der Waals surface area contributed by atoms with Gasteiger partial charge in [-0.2, -0.15) is 0 Å². The Bertz CT molecular complexity index is 1300. The molecule has 0 radical (unpaired) electrons. The molecule has 1 unspecified atom stereocenters. The van der Waals surface area contributed by atoms with Gasteiger partial charge in [-0.3, -0.25) is 9.69 Å². The van der Waals surface area contributed by atoms with Crippen molar-refractivity contribution in [3.05, 3.63) is 131 Å². The minimum atomic E-state index is -0.867. The van der Waals surface area contributed by atoms with Gasteiger partial charge in [-0.05, 0) is 59.9 Å². The van der Waals surface area contributed by atoms with Crippen molar-refractivity contribution >= 4 is 18.4 Å². The lowest BCUT2D eigenvalue weighted by molar-refractivity contribution is -0.136. The van der Waals surface area contributed by atoms with E-state index < -0.39 is 12.8 Å². The fourth-order valence-electron chi connectivity index (χ4n) is 4.89. The summed E-state index contributed by atoms with van der Waals surface area (Å²) in [6.45, 7) is 3.25. The number of carbonyl (C=O) groups is 1. The Balaban J connectivity index is 0.00000462. The van der Waals surface area contributed by atoms with Gasteiger partial charge in [-0.15, -0.1) is 12.4 Å². The highest BCUT2D eigenvalue weighted by atomic mass is 35.5. The van der Waals surface area contributed by atoms with Gasteiger partial charge in [0, 0.05) is 25.0 Å². The van der Waals surface area contributed by atoms with Gasteiger partial charge < -0.3 is 14.6 Å². The van der Waals surface area contributed by atoms with Crippen LogP contribution < -0.4 is 9.47 Å². The number of rotatable bonds is 15. The quantitative estimate of drug-likeness (QED) is 0.158. The second-order valence-corrected chi connectivity index (χ2v) is 9.91. The Morgan fingerprint density at radius 3 is 1.95 bits per heavy atom. The summed E-state index contributed by atoms with van der Waals surface area (Å²) in [5, 5.41) is 9.10. The lowest BCUT2D eigenvalue weighted by Crippen LogP contribution is -2.37. The molecule has 5 nitrogen and oxygen atoms in total. The van der Waals surface area contributed by atoms with Crippen molar-refractivity contribution in [2.24, 2.45) is 0 Å². The Morgan fingerprint density at radius 2 is 1.37 bits per heavy atom. The first-order chi connectivity index (χ1) is 19.5. The van der Waals surface area contributed by atoms with Gasteiger partial charge in [0.05, 0.1) is 13.0 Å². The fourth-order valence-corrected chi connectivity index (χ4v) is 4.89. The molecule has 7 heteroatoms. The highest BCUT2D eigenvalue weighted by molar-refractivity contribution is 5.85. The van der Waals surface area contributed by atoms with Crippen LogP contribution in [-0.2, 0) is 17.8 Å². The van der Waals surface area contributed by atoms with Gasteiger partial charge in [-0.1, -0.05) is 84.9 Å². The van der Waals surface area contributed by atoms with E-state index in [1.807, 2.05) is 42.5 Å². The molecule has 0 aliphatic rings. The molecule has 0 spiro atoms. The van der Waals surface area contributed by atoms with Crippen molar-refractivity contribution in [3.8, 4) is 11.5 Å². The van der Waals surface area contributed by atoms with Crippen LogP contribution in [0.2, 0.25) is 0 Å². The van der Waals surface area contributed by atoms with Gasteiger partial charge in [0.25, 0.3) is 0 Å². The standard InChI is InChI=1S/C34H36FNO4.ClH/c1-26(18-19-39-31-16-8-10-27(20-31)22-34(37)38)36(23-28-11-9-17-32(21-28)40-25-35)24-33(29-12-4-2-5-13-29)30-14-6-3-7-15-30;/h2-17,20-21,26,33H,18-19,22-25H2,1H3,(H,37,38);1H. The van der Waals surface area contributed by atoms with E-state index in [9.17, 15) is 9.18 Å². The summed E-state index contributed by atoms with van der Waals surface area (Å²) < 4.78 is 24.0. The van der Waals surface area contributed by atoms with Gasteiger partial charge in [-0.25, -0.2) is 4.39 Å². The summed E-state index contributed by atoms with van der Waals surface area (Å²) in [5.41, 5.74) is 4.24. The van der Waals surface area contributed by atoms with Crippen LogP contribution in [0.1, 0.15) is 41.5 Å². The molecule has 41 heavy (non-hydrogen) atoms. The van der Waals surface area contributed by atoms with Crippen molar-refractivity contribution in [3.63, 3.8) is 0 Å². The first-order valence-electron chi connectivity index (χ1n) is 13.6. The maximum Gasteiger partial charge on any atom is 0.307 e. The molecule has 0 heterocycles. The smallest absolute Gasteiger partial charge is 0.307 e. The van der Waals surface area contributed by atoms with Crippen LogP contribution >= 0.6 is 12.4 Å². The number of ether oxygens (including phenoxy) is 2. The number of benzene rings is 4. The fraction of sp³-hybridized carbons (Fsp3) is 0.265. The molecule has 0 aliphatic heterocycles. The summed E-state index contributed by atoms with van der Waals surface area (Å²) in [4.78, 5) is 13.5. The zero-order chi connectivity index (χ0) is 28.2. The van der Waals surface area contributed by atoms with Crippen LogP contribution in [0.3, 0.4) is 0 Å². The Kier molecular flexibility index (Phi) is 12.7. The van der Waals surface area contributed by atoms with Crippen LogP contribution in [0.5, 0.6) is 11.5 Å². The molecule has 0 fully saturated rings.